The lowest BCUT2D eigenvalue weighted by Gasteiger charge is -2.20. The smallest absolute Gasteiger partial charge is 0.255 e. The highest BCUT2D eigenvalue weighted by molar-refractivity contribution is 6.29. The Morgan fingerprint density at radius 3 is 2.38 bits per heavy atom. The van der Waals surface area contributed by atoms with Crippen molar-refractivity contribution in [2.24, 2.45) is 0 Å². The second-order valence-corrected chi connectivity index (χ2v) is 3.50. The molecule has 0 fully saturated rings. The van der Waals surface area contributed by atoms with E-state index < -0.39 is 0 Å². The van der Waals surface area contributed by atoms with E-state index >= 15 is 0 Å². The number of carbonyl (C=O) groups excluding carboxylic acids is 1. The molecule has 0 aromatic carbocycles. The summed E-state index contributed by atoms with van der Waals surface area (Å²) >= 11 is 5.60. The highest BCUT2D eigenvalue weighted by Crippen LogP contribution is 2.07. The molecule has 2 N–H and O–H groups in total. The number of halogens is 1. The maximum atomic E-state index is 11.9. The van der Waals surface area contributed by atoms with E-state index in [1.807, 2.05) is 0 Å². The van der Waals surface area contributed by atoms with Gasteiger partial charge in [-0.2, -0.15) is 0 Å². The molecule has 1 heterocycles. The minimum atomic E-state index is -0.285. The van der Waals surface area contributed by atoms with E-state index in [-0.39, 0.29) is 32.2 Å². The summed E-state index contributed by atoms with van der Waals surface area (Å²) in [6.45, 7) is 0.0730. The fraction of sp³-hybridized carbons (Fsp3) is 0.400. The molecule has 0 aliphatic carbocycles. The largest absolute Gasteiger partial charge is 0.395 e. The maximum absolute atomic E-state index is 11.9. The molecular weight excluding hydrogens is 232 g/mol. The molecule has 0 aliphatic heterocycles. The van der Waals surface area contributed by atoms with Crippen LogP contribution in [0.4, 0.5) is 0 Å². The van der Waals surface area contributed by atoms with Crippen LogP contribution in [0.5, 0.6) is 0 Å². The number of aliphatic hydroxyl groups is 2. The van der Waals surface area contributed by atoms with Gasteiger partial charge in [0.05, 0.1) is 18.8 Å². The van der Waals surface area contributed by atoms with Crippen molar-refractivity contribution in [3.05, 3.63) is 29.0 Å². The van der Waals surface area contributed by atoms with E-state index in [2.05, 4.69) is 4.98 Å². The molecule has 0 radical (unpaired) electrons. The average Bonchev–Trinajstić information content (AvgIpc) is 2.29. The average molecular weight is 245 g/mol. The van der Waals surface area contributed by atoms with Crippen LogP contribution in [0.3, 0.4) is 0 Å². The van der Waals surface area contributed by atoms with Gasteiger partial charge in [-0.3, -0.25) is 4.79 Å². The third kappa shape index (κ3) is 3.44. The molecule has 0 saturated heterocycles. The van der Waals surface area contributed by atoms with Crippen LogP contribution in [-0.4, -0.2) is 52.3 Å². The number of carbonyl (C=O) groups is 1. The number of hydrogen-bond acceptors (Lipinski definition) is 4. The number of pyridine rings is 1. The van der Waals surface area contributed by atoms with Gasteiger partial charge in [-0.25, -0.2) is 4.98 Å². The van der Waals surface area contributed by atoms with Crippen molar-refractivity contribution in [3.63, 3.8) is 0 Å². The van der Waals surface area contributed by atoms with Crippen LogP contribution < -0.4 is 0 Å². The minimum absolute atomic E-state index is 0.146. The van der Waals surface area contributed by atoms with Gasteiger partial charge < -0.3 is 15.1 Å². The Morgan fingerprint density at radius 2 is 1.94 bits per heavy atom. The Morgan fingerprint density at radius 1 is 1.31 bits per heavy atom. The summed E-state index contributed by atoms with van der Waals surface area (Å²) in [5.41, 5.74) is 0.381. The molecule has 0 unspecified atom stereocenters. The maximum Gasteiger partial charge on any atom is 0.255 e. The fourth-order valence-electron chi connectivity index (χ4n) is 1.24. The van der Waals surface area contributed by atoms with E-state index in [9.17, 15) is 4.79 Å². The van der Waals surface area contributed by atoms with Crippen molar-refractivity contribution in [1.82, 2.24) is 9.88 Å². The van der Waals surface area contributed by atoms with Gasteiger partial charge in [-0.05, 0) is 12.1 Å². The predicted molar refractivity (Wildman–Crippen MR) is 59.3 cm³/mol. The molecule has 6 heteroatoms. The van der Waals surface area contributed by atoms with Crippen molar-refractivity contribution in [1.29, 1.82) is 0 Å². The summed E-state index contributed by atoms with van der Waals surface area (Å²) in [6, 6.07) is 3.07. The molecule has 5 nitrogen and oxygen atoms in total. The lowest BCUT2D eigenvalue weighted by atomic mass is 10.2. The standard InChI is InChI=1S/C10H13ClN2O3/c11-9-2-1-8(7-12-9)10(16)13(3-5-14)4-6-15/h1-2,7,14-15H,3-6H2. The van der Waals surface area contributed by atoms with Crippen LogP contribution in [-0.2, 0) is 0 Å². The zero-order chi connectivity index (χ0) is 12.0. The van der Waals surface area contributed by atoms with Crippen LogP contribution in [0.15, 0.2) is 18.3 Å². The van der Waals surface area contributed by atoms with E-state index in [1.54, 1.807) is 6.07 Å². The molecule has 0 spiro atoms. The Balaban J connectivity index is 2.77. The molecular formula is C10H13ClN2O3. The van der Waals surface area contributed by atoms with Crippen molar-refractivity contribution < 1.29 is 15.0 Å². The zero-order valence-corrected chi connectivity index (χ0v) is 9.39. The van der Waals surface area contributed by atoms with Crippen molar-refractivity contribution in [3.8, 4) is 0 Å². The second-order valence-electron chi connectivity index (χ2n) is 3.11. The molecule has 0 saturated carbocycles. The van der Waals surface area contributed by atoms with Crippen LogP contribution in [0, 0.1) is 0 Å². The molecule has 1 amide bonds. The molecule has 1 rings (SSSR count). The molecule has 0 atom stereocenters. The zero-order valence-electron chi connectivity index (χ0n) is 8.64. The first-order valence-electron chi connectivity index (χ1n) is 4.81. The molecule has 1 aromatic rings. The first-order chi connectivity index (χ1) is 7.69. The first kappa shape index (κ1) is 12.9. The van der Waals surface area contributed by atoms with Gasteiger partial charge in [-0.15, -0.1) is 0 Å². The van der Waals surface area contributed by atoms with Gasteiger partial charge in [0, 0.05) is 19.3 Å². The van der Waals surface area contributed by atoms with Gasteiger partial charge in [0.1, 0.15) is 5.15 Å². The number of nitrogens with zero attached hydrogens (tertiary/aromatic N) is 2. The lowest BCUT2D eigenvalue weighted by molar-refractivity contribution is 0.0684. The van der Waals surface area contributed by atoms with Gasteiger partial charge in [-0.1, -0.05) is 11.6 Å². The predicted octanol–water partition coefficient (Wildman–Crippen LogP) is 0.162. The van der Waals surface area contributed by atoms with Gasteiger partial charge in [0.2, 0.25) is 0 Å². The Hall–Kier alpha value is -1.17. The quantitative estimate of drug-likeness (QED) is 0.724. The van der Waals surface area contributed by atoms with Crippen molar-refractivity contribution in [2.75, 3.05) is 26.3 Å². The van der Waals surface area contributed by atoms with Gasteiger partial charge >= 0.3 is 0 Å². The number of amides is 1. The van der Waals surface area contributed by atoms with Crippen LogP contribution in [0.2, 0.25) is 5.15 Å². The highest BCUT2D eigenvalue weighted by Gasteiger charge is 2.14. The Labute approximate surface area is 98.3 Å². The summed E-state index contributed by atoms with van der Waals surface area (Å²) in [6.07, 6.45) is 1.37. The van der Waals surface area contributed by atoms with E-state index in [0.717, 1.165) is 0 Å². The number of aromatic nitrogens is 1. The second kappa shape index (κ2) is 6.42. The van der Waals surface area contributed by atoms with Crippen LogP contribution in [0.25, 0.3) is 0 Å². The topological polar surface area (TPSA) is 73.7 Å². The summed E-state index contributed by atoms with van der Waals surface area (Å²) in [4.78, 5) is 17.0. The molecule has 0 aliphatic rings. The Kier molecular flexibility index (Phi) is 5.18. The van der Waals surface area contributed by atoms with Crippen LogP contribution in [0.1, 0.15) is 10.4 Å². The van der Waals surface area contributed by atoms with Crippen molar-refractivity contribution >= 4 is 17.5 Å². The van der Waals surface area contributed by atoms with Gasteiger partial charge in [0.15, 0.2) is 0 Å². The third-order valence-corrected chi connectivity index (χ3v) is 2.22. The van der Waals surface area contributed by atoms with Gasteiger partial charge in [0.25, 0.3) is 5.91 Å². The lowest BCUT2D eigenvalue weighted by Crippen LogP contribution is -2.35. The molecule has 16 heavy (non-hydrogen) atoms. The molecule has 0 bridgehead atoms. The summed E-state index contributed by atoms with van der Waals surface area (Å²) in [7, 11) is 0. The van der Waals surface area contributed by atoms with E-state index in [4.69, 9.17) is 21.8 Å². The molecule has 88 valence electrons. The van der Waals surface area contributed by atoms with Crippen LogP contribution >= 0.6 is 11.6 Å². The number of rotatable bonds is 5. The monoisotopic (exact) mass is 244 g/mol. The fourth-order valence-corrected chi connectivity index (χ4v) is 1.35. The van der Waals surface area contributed by atoms with E-state index in [1.165, 1.54) is 17.2 Å². The normalized spacial score (nSPS) is 10.2. The number of hydrogen-bond donors (Lipinski definition) is 2. The van der Waals surface area contributed by atoms with Crippen molar-refractivity contribution in [2.45, 2.75) is 0 Å². The molecule has 1 aromatic heterocycles. The third-order valence-electron chi connectivity index (χ3n) is 2.00. The summed E-state index contributed by atoms with van der Waals surface area (Å²) in [5, 5.41) is 17.9. The van der Waals surface area contributed by atoms with E-state index in [0.29, 0.717) is 10.7 Å². The SMILES string of the molecule is O=C(c1ccc(Cl)nc1)N(CCO)CCO. The minimum Gasteiger partial charge on any atom is -0.395 e. The first-order valence-corrected chi connectivity index (χ1v) is 5.19. The number of aliphatic hydroxyl groups excluding tert-OH is 2. The summed E-state index contributed by atoms with van der Waals surface area (Å²) < 4.78 is 0. The summed E-state index contributed by atoms with van der Waals surface area (Å²) in [5.74, 6) is -0.285. The highest BCUT2D eigenvalue weighted by atomic mass is 35.5. The Bertz CT molecular complexity index is 336.